The molecule has 2 N–H and O–H groups in total. The number of hydrazone groups is 1. The highest BCUT2D eigenvalue weighted by atomic mass is 79.9. The summed E-state index contributed by atoms with van der Waals surface area (Å²) in [5.41, 5.74) is 3.04. The van der Waals surface area contributed by atoms with Gasteiger partial charge in [0.1, 0.15) is 6.61 Å². The molecule has 2 aromatic rings. The van der Waals surface area contributed by atoms with Gasteiger partial charge in [-0.1, -0.05) is 12.1 Å². The number of benzene rings is 2. The second-order valence-electron chi connectivity index (χ2n) is 5.47. The van der Waals surface area contributed by atoms with Gasteiger partial charge in [0.25, 0.3) is 5.91 Å². The summed E-state index contributed by atoms with van der Waals surface area (Å²) in [7, 11) is 0. The van der Waals surface area contributed by atoms with E-state index in [0.29, 0.717) is 38.4 Å². The molecule has 27 heavy (non-hydrogen) atoms. The van der Waals surface area contributed by atoms with Crippen molar-refractivity contribution in [3.63, 3.8) is 0 Å². The molecule has 9 heteroatoms. The smallest absolute Gasteiger partial charge is 0.284 e. The summed E-state index contributed by atoms with van der Waals surface area (Å²) in [6.07, 6.45) is 0.637. The van der Waals surface area contributed by atoms with Gasteiger partial charge < -0.3 is 19.3 Å². The summed E-state index contributed by atoms with van der Waals surface area (Å²) < 4.78 is 17.5. The van der Waals surface area contributed by atoms with Gasteiger partial charge in [-0.2, -0.15) is 5.10 Å². The van der Waals surface area contributed by atoms with Gasteiger partial charge in [0, 0.05) is 10.0 Å². The van der Waals surface area contributed by atoms with E-state index >= 15 is 0 Å². The van der Waals surface area contributed by atoms with E-state index in [4.69, 9.17) is 14.2 Å². The number of hydrogen-bond acceptors (Lipinski definition) is 6. The lowest BCUT2D eigenvalue weighted by molar-refractivity contribution is -0.130. The Kier molecular flexibility index (Phi) is 6.22. The van der Waals surface area contributed by atoms with Crippen molar-refractivity contribution in [2.75, 3.05) is 13.2 Å². The zero-order chi connectivity index (χ0) is 19.4. The van der Waals surface area contributed by atoms with Gasteiger partial charge in [-0.25, -0.2) is 5.43 Å². The molecule has 0 aromatic heterocycles. The van der Waals surface area contributed by atoms with Crippen LogP contribution in [-0.4, -0.2) is 36.5 Å². The fraction of sp³-hybridized carbons (Fsp3) is 0.222. The van der Waals surface area contributed by atoms with Crippen LogP contribution in [0, 0.1) is 0 Å². The Morgan fingerprint density at radius 3 is 2.85 bits per heavy atom. The van der Waals surface area contributed by atoms with Crippen molar-refractivity contribution in [1.29, 1.82) is 0 Å². The molecule has 0 bridgehead atoms. The number of nitrogens with zero attached hydrogens (tertiary/aromatic N) is 1. The summed E-state index contributed by atoms with van der Waals surface area (Å²) in [5, 5.41) is 14.0. The number of nitrogens with one attached hydrogen (secondary N) is 1. The molecule has 0 fully saturated rings. The predicted molar refractivity (Wildman–Crippen MR) is 107 cm³/mol. The Morgan fingerprint density at radius 2 is 2.11 bits per heavy atom. The number of amides is 1. The van der Waals surface area contributed by atoms with Crippen molar-refractivity contribution in [3.05, 3.63) is 44.8 Å². The summed E-state index contributed by atoms with van der Waals surface area (Å²) in [6, 6.07) is 8.75. The van der Waals surface area contributed by atoms with Crippen LogP contribution in [-0.2, 0) is 4.79 Å². The number of carbonyl (C=O) groups is 1. The second kappa shape index (κ2) is 8.62. The minimum atomic E-state index is -0.800. The number of para-hydroxylation sites is 2. The van der Waals surface area contributed by atoms with Crippen molar-refractivity contribution < 1.29 is 24.1 Å². The molecule has 1 atom stereocenters. The molecule has 2 aromatic carbocycles. The van der Waals surface area contributed by atoms with Gasteiger partial charge in [0.2, 0.25) is 6.10 Å². The number of phenols is 1. The lowest BCUT2D eigenvalue weighted by Gasteiger charge is -2.24. The Labute approximate surface area is 172 Å². The number of carbonyl (C=O) groups excluding carboxylic acids is 1. The first-order valence-corrected chi connectivity index (χ1v) is 9.65. The number of phenolic OH excluding ortho intramolecular Hbond substituents is 1. The zero-order valence-corrected chi connectivity index (χ0v) is 17.4. The third kappa shape index (κ3) is 4.36. The van der Waals surface area contributed by atoms with Crippen molar-refractivity contribution in [1.82, 2.24) is 5.43 Å². The first-order chi connectivity index (χ1) is 13.0. The molecule has 1 amide bonds. The number of ether oxygens (including phenoxy) is 3. The van der Waals surface area contributed by atoms with Crippen LogP contribution in [0.2, 0.25) is 0 Å². The summed E-state index contributed by atoms with van der Waals surface area (Å²) in [6.45, 7) is 2.31. The number of rotatable bonds is 5. The van der Waals surface area contributed by atoms with Gasteiger partial charge in [-0.05, 0) is 57.0 Å². The van der Waals surface area contributed by atoms with Gasteiger partial charge in [-0.3, -0.25) is 4.79 Å². The number of hydrogen-bond donors (Lipinski definition) is 2. The quantitative estimate of drug-likeness (QED) is 0.484. The zero-order valence-electron chi connectivity index (χ0n) is 14.2. The molecule has 0 spiro atoms. The van der Waals surface area contributed by atoms with Crippen LogP contribution in [0.25, 0.3) is 0 Å². The molecule has 3 rings (SSSR count). The molecular weight excluding hydrogens is 484 g/mol. The first kappa shape index (κ1) is 19.5. The molecule has 0 saturated heterocycles. The maximum atomic E-state index is 12.3. The first-order valence-electron chi connectivity index (χ1n) is 8.06. The molecule has 0 unspecified atom stereocenters. The third-order valence-corrected chi connectivity index (χ3v) is 5.81. The second-order valence-corrected chi connectivity index (χ2v) is 7.06. The van der Waals surface area contributed by atoms with Crippen molar-refractivity contribution in [2.24, 2.45) is 5.10 Å². The monoisotopic (exact) mass is 498 g/mol. The molecule has 7 nitrogen and oxygen atoms in total. The summed E-state index contributed by atoms with van der Waals surface area (Å²) >= 11 is 6.65. The highest BCUT2D eigenvalue weighted by Crippen LogP contribution is 2.41. The number of halogens is 2. The van der Waals surface area contributed by atoms with Crippen molar-refractivity contribution in [2.45, 2.75) is 13.0 Å². The third-order valence-electron chi connectivity index (χ3n) is 3.65. The molecule has 1 heterocycles. The maximum absolute atomic E-state index is 12.3. The van der Waals surface area contributed by atoms with Crippen LogP contribution < -0.4 is 19.6 Å². The van der Waals surface area contributed by atoms with E-state index in [9.17, 15) is 9.90 Å². The van der Waals surface area contributed by atoms with Crippen molar-refractivity contribution >= 4 is 44.0 Å². The normalized spacial score (nSPS) is 15.6. The number of aromatic hydroxyl groups is 1. The standard InChI is InChI=1S/C18H16Br2N2O5/c1-2-25-13-7-10(15(19)16(20)17(13)23)8-21-22-18(24)14-9-26-11-5-3-4-6-12(11)27-14/h3-8,14,23H,2,9H2,1H3,(H,22,24)/b21-8+/t14-/m0/s1. The Balaban J connectivity index is 1.68. The van der Waals surface area contributed by atoms with Crippen molar-refractivity contribution in [3.8, 4) is 23.0 Å². The fourth-order valence-electron chi connectivity index (χ4n) is 2.36. The topological polar surface area (TPSA) is 89.4 Å². The van der Waals surface area contributed by atoms with E-state index in [1.807, 2.05) is 13.0 Å². The minimum absolute atomic E-state index is 0.0173. The summed E-state index contributed by atoms with van der Waals surface area (Å²) in [5.74, 6) is 0.975. The van der Waals surface area contributed by atoms with E-state index < -0.39 is 12.0 Å². The van der Waals surface area contributed by atoms with Crippen LogP contribution in [0.15, 0.2) is 44.4 Å². The average molecular weight is 500 g/mol. The van der Waals surface area contributed by atoms with Gasteiger partial charge in [-0.15, -0.1) is 0 Å². The minimum Gasteiger partial charge on any atom is -0.503 e. The van der Waals surface area contributed by atoms with Gasteiger partial charge in [0.05, 0.1) is 17.3 Å². The van der Waals surface area contributed by atoms with Crippen LogP contribution in [0.1, 0.15) is 12.5 Å². The molecule has 0 radical (unpaired) electrons. The van der Waals surface area contributed by atoms with E-state index in [2.05, 4.69) is 42.4 Å². The predicted octanol–water partition coefficient (Wildman–Crippen LogP) is 3.61. The lowest BCUT2D eigenvalue weighted by Crippen LogP contribution is -2.42. The van der Waals surface area contributed by atoms with Crippen LogP contribution in [0.3, 0.4) is 0 Å². The number of fused-ring (bicyclic) bond motifs is 1. The Hall–Kier alpha value is -2.26. The Morgan fingerprint density at radius 1 is 1.37 bits per heavy atom. The highest BCUT2D eigenvalue weighted by Gasteiger charge is 2.27. The van der Waals surface area contributed by atoms with E-state index in [0.717, 1.165) is 0 Å². The molecule has 142 valence electrons. The molecule has 0 aliphatic carbocycles. The molecule has 0 saturated carbocycles. The van der Waals surface area contributed by atoms with Gasteiger partial charge in [0.15, 0.2) is 23.0 Å². The van der Waals surface area contributed by atoms with Crippen LogP contribution in [0.4, 0.5) is 0 Å². The highest BCUT2D eigenvalue weighted by molar-refractivity contribution is 9.13. The van der Waals surface area contributed by atoms with Crippen LogP contribution in [0.5, 0.6) is 23.0 Å². The van der Waals surface area contributed by atoms with E-state index in [1.54, 1.807) is 24.3 Å². The molecule has 1 aliphatic heterocycles. The maximum Gasteiger partial charge on any atom is 0.284 e. The van der Waals surface area contributed by atoms with E-state index in [-0.39, 0.29) is 12.4 Å². The SMILES string of the molecule is CCOc1cc(/C=N/NC(=O)[C@@H]2COc3ccccc3O2)c(Br)c(Br)c1O. The van der Waals surface area contributed by atoms with Gasteiger partial charge >= 0.3 is 0 Å². The Bertz CT molecular complexity index is 888. The van der Waals surface area contributed by atoms with Crippen LogP contribution >= 0.6 is 31.9 Å². The fourth-order valence-corrected chi connectivity index (χ4v) is 3.19. The largest absolute Gasteiger partial charge is 0.503 e. The lowest BCUT2D eigenvalue weighted by atomic mass is 10.2. The summed E-state index contributed by atoms with van der Waals surface area (Å²) in [4.78, 5) is 12.3. The molecular formula is C18H16Br2N2O5. The molecule has 1 aliphatic rings. The van der Waals surface area contributed by atoms with E-state index in [1.165, 1.54) is 6.21 Å². The average Bonchev–Trinajstić information content (AvgIpc) is 2.69.